The quantitative estimate of drug-likeness (QED) is 0.471. The van der Waals surface area contributed by atoms with Gasteiger partial charge in [0.25, 0.3) is 0 Å². The molecule has 0 aliphatic heterocycles. The maximum absolute atomic E-state index is 13.5. The molecule has 0 saturated heterocycles. The number of hydrogen-bond donors (Lipinski definition) is 2. The molecule has 0 spiro atoms. The molecule has 3 aromatic rings. The highest BCUT2D eigenvalue weighted by Gasteiger charge is 2.29. The SMILES string of the molecule is Fc1ccc(-c2cc3cc(F)cc(F)c3[nH]2)cc1.O=C(NCCC(F)(F)F)C1CCC1. The minimum Gasteiger partial charge on any atom is -0.356 e. The van der Waals surface area contributed by atoms with Crippen LogP contribution in [0.5, 0.6) is 0 Å². The molecule has 2 N–H and O–H groups in total. The Hall–Kier alpha value is -2.97. The number of alkyl halides is 3. The van der Waals surface area contributed by atoms with Crippen molar-refractivity contribution in [2.75, 3.05) is 6.54 Å². The van der Waals surface area contributed by atoms with E-state index in [1.165, 1.54) is 18.2 Å². The zero-order chi connectivity index (χ0) is 22.6. The summed E-state index contributed by atoms with van der Waals surface area (Å²) in [7, 11) is 0. The van der Waals surface area contributed by atoms with Crippen molar-refractivity contribution in [3.05, 3.63) is 59.9 Å². The number of aromatic nitrogens is 1. The second-order valence-corrected chi connectivity index (χ2v) is 7.33. The highest BCUT2D eigenvalue weighted by atomic mass is 19.4. The zero-order valence-corrected chi connectivity index (χ0v) is 16.3. The van der Waals surface area contributed by atoms with E-state index in [2.05, 4.69) is 10.3 Å². The van der Waals surface area contributed by atoms with Gasteiger partial charge in [-0.2, -0.15) is 13.2 Å². The van der Waals surface area contributed by atoms with Crippen LogP contribution in [0.15, 0.2) is 42.5 Å². The van der Waals surface area contributed by atoms with Crippen LogP contribution in [0.4, 0.5) is 26.3 Å². The normalized spacial score (nSPS) is 14.0. The van der Waals surface area contributed by atoms with E-state index in [4.69, 9.17) is 0 Å². The Labute approximate surface area is 174 Å². The standard InChI is InChI=1S/C14H8F3N.C8H12F3NO/c15-10-3-1-8(2-4-10)13-6-9-5-11(16)7-12(17)14(9)18-13;9-8(10,11)4-5-12-7(13)6-2-1-3-6/h1-7,18H;6H,1-5H2,(H,12,13). The van der Waals surface area contributed by atoms with Gasteiger partial charge >= 0.3 is 6.18 Å². The summed E-state index contributed by atoms with van der Waals surface area (Å²) in [5, 5.41) is 2.73. The third-order valence-corrected chi connectivity index (χ3v) is 4.98. The molecule has 4 rings (SSSR count). The summed E-state index contributed by atoms with van der Waals surface area (Å²) < 4.78 is 74.3. The van der Waals surface area contributed by atoms with Crippen LogP contribution >= 0.6 is 0 Å². The zero-order valence-electron chi connectivity index (χ0n) is 16.3. The molecular formula is C22H20F6N2O. The Morgan fingerprint density at radius 1 is 1.00 bits per heavy atom. The second kappa shape index (κ2) is 9.45. The van der Waals surface area contributed by atoms with Crippen molar-refractivity contribution in [3.8, 4) is 11.3 Å². The number of amides is 1. The van der Waals surface area contributed by atoms with Crippen molar-refractivity contribution in [3.63, 3.8) is 0 Å². The van der Waals surface area contributed by atoms with Gasteiger partial charge < -0.3 is 10.3 Å². The first-order valence-electron chi connectivity index (χ1n) is 9.70. The van der Waals surface area contributed by atoms with E-state index in [9.17, 15) is 31.1 Å². The predicted molar refractivity (Wildman–Crippen MR) is 105 cm³/mol. The highest BCUT2D eigenvalue weighted by molar-refractivity contribution is 5.86. The number of carbonyl (C=O) groups is 1. The number of carbonyl (C=O) groups excluding carboxylic acids is 1. The van der Waals surface area contributed by atoms with Gasteiger partial charge in [0.15, 0.2) is 0 Å². The average Bonchev–Trinajstić information content (AvgIpc) is 3.04. The van der Waals surface area contributed by atoms with Gasteiger partial charge in [-0.05, 0) is 54.8 Å². The summed E-state index contributed by atoms with van der Waals surface area (Å²) in [4.78, 5) is 13.9. The first-order chi connectivity index (χ1) is 14.6. The van der Waals surface area contributed by atoms with Gasteiger partial charge in [-0.3, -0.25) is 4.79 Å². The Bertz CT molecular complexity index is 1040. The van der Waals surface area contributed by atoms with Crippen molar-refractivity contribution < 1.29 is 31.1 Å². The molecule has 0 atom stereocenters. The number of hydrogen-bond acceptors (Lipinski definition) is 1. The van der Waals surface area contributed by atoms with Crippen molar-refractivity contribution in [1.29, 1.82) is 0 Å². The van der Waals surface area contributed by atoms with Gasteiger partial charge in [-0.15, -0.1) is 0 Å². The van der Waals surface area contributed by atoms with Gasteiger partial charge in [0.2, 0.25) is 5.91 Å². The summed E-state index contributed by atoms with van der Waals surface area (Å²) >= 11 is 0. The molecule has 2 aromatic carbocycles. The van der Waals surface area contributed by atoms with E-state index < -0.39 is 24.2 Å². The van der Waals surface area contributed by atoms with Gasteiger partial charge in [0.1, 0.15) is 17.5 Å². The lowest BCUT2D eigenvalue weighted by Crippen LogP contribution is -2.36. The number of aromatic amines is 1. The minimum absolute atomic E-state index is 0.0340. The van der Waals surface area contributed by atoms with Crippen LogP contribution in [0.25, 0.3) is 22.2 Å². The lowest BCUT2D eigenvalue weighted by atomic mass is 9.85. The van der Waals surface area contributed by atoms with Crippen molar-refractivity contribution in [2.45, 2.75) is 31.9 Å². The summed E-state index contributed by atoms with van der Waals surface area (Å²) in [6.45, 7) is -0.293. The molecular weight excluding hydrogens is 422 g/mol. The summed E-state index contributed by atoms with van der Waals surface area (Å²) in [6, 6.07) is 9.50. The van der Waals surface area contributed by atoms with Crippen LogP contribution in [0.1, 0.15) is 25.7 Å². The Morgan fingerprint density at radius 3 is 2.26 bits per heavy atom. The van der Waals surface area contributed by atoms with E-state index in [0.717, 1.165) is 25.3 Å². The molecule has 0 unspecified atom stereocenters. The summed E-state index contributed by atoms with van der Waals surface area (Å²) in [5.41, 5.74) is 1.58. The van der Waals surface area contributed by atoms with E-state index in [1.54, 1.807) is 18.2 Å². The average molecular weight is 442 g/mol. The Balaban J connectivity index is 0.000000187. The van der Waals surface area contributed by atoms with E-state index in [-0.39, 0.29) is 29.7 Å². The predicted octanol–water partition coefficient (Wildman–Crippen LogP) is 6.11. The van der Waals surface area contributed by atoms with Crippen molar-refractivity contribution >= 4 is 16.8 Å². The molecule has 1 aromatic heterocycles. The van der Waals surface area contributed by atoms with Crippen molar-refractivity contribution in [2.24, 2.45) is 5.92 Å². The molecule has 1 aliphatic rings. The lowest BCUT2D eigenvalue weighted by molar-refractivity contribution is -0.137. The maximum Gasteiger partial charge on any atom is 0.390 e. The van der Waals surface area contributed by atoms with Crippen molar-refractivity contribution in [1.82, 2.24) is 10.3 Å². The molecule has 0 radical (unpaired) electrons. The van der Waals surface area contributed by atoms with Crippen LogP contribution in [-0.2, 0) is 4.79 Å². The molecule has 9 heteroatoms. The molecule has 0 bridgehead atoms. The summed E-state index contributed by atoms with van der Waals surface area (Å²) in [6.07, 6.45) is -2.47. The second-order valence-electron chi connectivity index (χ2n) is 7.33. The number of fused-ring (bicyclic) bond motifs is 1. The first kappa shape index (κ1) is 22.7. The molecule has 31 heavy (non-hydrogen) atoms. The molecule has 1 heterocycles. The first-order valence-corrected chi connectivity index (χ1v) is 9.70. The number of benzene rings is 2. The minimum atomic E-state index is -4.17. The Kier molecular flexibility index (Phi) is 6.92. The van der Waals surface area contributed by atoms with E-state index in [0.29, 0.717) is 16.6 Å². The molecule has 166 valence electrons. The maximum atomic E-state index is 13.5. The fraction of sp³-hybridized carbons (Fsp3) is 0.318. The van der Waals surface area contributed by atoms with Gasteiger partial charge in [0, 0.05) is 29.6 Å². The topological polar surface area (TPSA) is 44.9 Å². The number of halogens is 6. The van der Waals surface area contributed by atoms with Crippen LogP contribution in [0, 0.1) is 23.4 Å². The molecule has 1 amide bonds. The third-order valence-electron chi connectivity index (χ3n) is 4.98. The van der Waals surface area contributed by atoms with Crippen LogP contribution in [0.3, 0.4) is 0 Å². The fourth-order valence-electron chi connectivity index (χ4n) is 3.09. The van der Waals surface area contributed by atoms with E-state index in [1.807, 2.05) is 0 Å². The number of nitrogens with one attached hydrogen (secondary N) is 2. The molecule has 1 fully saturated rings. The van der Waals surface area contributed by atoms with Crippen LogP contribution in [-0.4, -0.2) is 23.6 Å². The van der Waals surface area contributed by atoms with Crippen LogP contribution < -0.4 is 5.32 Å². The van der Waals surface area contributed by atoms with E-state index >= 15 is 0 Å². The lowest BCUT2D eigenvalue weighted by Gasteiger charge is -2.24. The monoisotopic (exact) mass is 442 g/mol. The summed E-state index contributed by atoms with van der Waals surface area (Å²) in [5.74, 6) is -1.86. The molecule has 1 saturated carbocycles. The third kappa shape index (κ3) is 6.26. The smallest absolute Gasteiger partial charge is 0.356 e. The number of H-pyrrole nitrogens is 1. The van der Waals surface area contributed by atoms with Gasteiger partial charge in [0.05, 0.1) is 11.9 Å². The molecule has 1 aliphatic carbocycles. The fourth-order valence-corrected chi connectivity index (χ4v) is 3.09. The highest BCUT2D eigenvalue weighted by Crippen LogP contribution is 2.27. The number of rotatable bonds is 4. The van der Waals surface area contributed by atoms with Gasteiger partial charge in [-0.25, -0.2) is 13.2 Å². The van der Waals surface area contributed by atoms with Gasteiger partial charge in [-0.1, -0.05) is 6.42 Å². The Morgan fingerprint density at radius 2 is 1.68 bits per heavy atom. The van der Waals surface area contributed by atoms with Crippen LogP contribution in [0.2, 0.25) is 0 Å². The molecule has 3 nitrogen and oxygen atoms in total. The largest absolute Gasteiger partial charge is 0.390 e.